The van der Waals surface area contributed by atoms with Crippen molar-refractivity contribution >= 4 is 40.7 Å². The van der Waals surface area contributed by atoms with E-state index in [0.717, 1.165) is 13.1 Å². The van der Waals surface area contributed by atoms with Crippen molar-refractivity contribution in [2.24, 2.45) is 0 Å². The van der Waals surface area contributed by atoms with Crippen molar-refractivity contribution in [3.05, 3.63) is 46.2 Å². The van der Waals surface area contributed by atoms with Gasteiger partial charge in [-0.25, -0.2) is 9.97 Å². The zero-order chi connectivity index (χ0) is 16.1. The highest BCUT2D eigenvalue weighted by Gasteiger charge is 2.14. The summed E-state index contributed by atoms with van der Waals surface area (Å²) in [6.07, 6.45) is 1.56. The molecule has 1 amide bonds. The lowest BCUT2D eigenvalue weighted by Crippen LogP contribution is -2.25. The molecule has 0 atom stereocenters. The number of benzene rings is 1. The van der Waals surface area contributed by atoms with Gasteiger partial charge < -0.3 is 10.2 Å². The Hall–Kier alpha value is -1.85. The molecular formula is C15H16Cl2N4O. The molecule has 1 aromatic heterocycles. The molecule has 0 bridgehead atoms. The summed E-state index contributed by atoms with van der Waals surface area (Å²) in [5.41, 5.74) is 0.631. The molecule has 0 aliphatic carbocycles. The molecule has 0 saturated heterocycles. The van der Waals surface area contributed by atoms with E-state index in [2.05, 4.69) is 15.3 Å². The Balaban J connectivity index is 2.25. The van der Waals surface area contributed by atoms with Gasteiger partial charge in [0.15, 0.2) is 0 Å². The molecule has 0 aliphatic rings. The van der Waals surface area contributed by atoms with Gasteiger partial charge in [0, 0.05) is 19.3 Å². The number of hydrogen-bond donors (Lipinski definition) is 1. The molecular weight excluding hydrogens is 323 g/mol. The maximum absolute atomic E-state index is 12.3. The van der Waals surface area contributed by atoms with Crippen molar-refractivity contribution in [1.29, 1.82) is 0 Å². The number of nitrogens with zero attached hydrogens (tertiary/aromatic N) is 3. The van der Waals surface area contributed by atoms with E-state index in [-0.39, 0.29) is 11.6 Å². The Morgan fingerprint density at radius 1 is 1.18 bits per heavy atom. The number of halogens is 2. The summed E-state index contributed by atoms with van der Waals surface area (Å²) in [7, 11) is 0. The molecule has 0 aliphatic heterocycles. The van der Waals surface area contributed by atoms with Crippen molar-refractivity contribution in [2.75, 3.05) is 23.3 Å². The summed E-state index contributed by atoms with van der Waals surface area (Å²) >= 11 is 12.1. The van der Waals surface area contributed by atoms with Crippen molar-refractivity contribution in [3.8, 4) is 0 Å². The van der Waals surface area contributed by atoms with Crippen LogP contribution >= 0.6 is 23.2 Å². The van der Waals surface area contributed by atoms with Gasteiger partial charge in [-0.05, 0) is 32.0 Å². The number of nitrogens with one attached hydrogen (secondary N) is 1. The van der Waals surface area contributed by atoms with E-state index in [9.17, 15) is 4.79 Å². The standard InChI is InChI=1S/C15H16Cl2N4O/c1-3-21(4-2)15-18-9-8-12(19-15)14(22)20-13-10(16)6-5-7-11(13)17/h5-9H,3-4H2,1-2H3,(H,20,22). The van der Waals surface area contributed by atoms with E-state index < -0.39 is 0 Å². The molecule has 0 saturated carbocycles. The third-order valence-corrected chi connectivity index (χ3v) is 3.75. The van der Waals surface area contributed by atoms with Crippen LogP contribution in [0.5, 0.6) is 0 Å². The zero-order valence-electron chi connectivity index (χ0n) is 12.3. The van der Waals surface area contributed by atoms with Crippen LogP contribution in [0.1, 0.15) is 24.3 Å². The Kier molecular flexibility index (Phi) is 5.57. The fourth-order valence-electron chi connectivity index (χ4n) is 1.93. The molecule has 2 rings (SSSR count). The Bertz CT molecular complexity index is 654. The second-order valence-electron chi connectivity index (χ2n) is 4.46. The second-order valence-corrected chi connectivity index (χ2v) is 5.28. The van der Waals surface area contributed by atoms with Crippen LogP contribution in [0.4, 0.5) is 11.6 Å². The minimum absolute atomic E-state index is 0.257. The van der Waals surface area contributed by atoms with E-state index in [1.807, 2.05) is 18.7 Å². The van der Waals surface area contributed by atoms with Gasteiger partial charge in [-0.3, -0.25) is 4.79 Å². The third-order valence-electron chi connectivity index (χ3n) is 3.12. The quantitative estimate of drug-likeness (QED) is 0.898. The topological polar surface area (TPSA) is 58.1 Å². The minimum atomic E-state index is -0.384. The highest BCUT2D eigenvalue weighted by atomic mass is 35.5. The number of aromatic nitrogens is 2. The number of carbonyl (C=O) groups is 1. The summed E-state index contributed by atoms with van der Waals surface area (Å²) in [4.78, 5) is 22.8. The van der Waals surface area contributed by atoms with Crippen molar-refractivity contribution in [2.45, 2.75) is 13.8 Å². The smallest absolute Gasteiger partial charge is 0.274 e. The second kappa shape index (κ2) is 7.42. The van der Waals surface area contributed by atoms with Crippen LogP contribution in [0.3, 0.4) is 0 Å². The van der Waals surface area contributed by atoms with E-state index >= 15 is 0 Å². The van der Waals surface area contributed by atoms with Gasteiger partial charge in [0.05, 0.1) is 15.7 Å². The van der Waals surface area contributed by atoms with E-state index in [4.69, 9.17) is 23.2 Å². The van der Waals surface area contributed by atoms with Gasteiger partial charge in [0.25, 0.3) is 5.91 Å². The molecule has 0 radical (unpaired) electrons. The normalized spacial score (nSPS) is 10.4. The number of anilines is 2. The maximum Gasteiger partial charge on any atom is 0.274 e. The lowest BCUT2D eigenvalue weighted by molar-refractivity contribution is 0.102. The van der Waals surface area contributed by atoms with Crippen LogP contribution in [-0.2, 0) is 0 Å². The predicted molar refractivity (Wildman–Crippen MR) is 90.0 cm³/mol. The average molecular weight is 339 g/mol. The first-order valence-electron chi connectivity index (χ1n) is 6.90. The summed E-state index contributed by atoms with van der Waals surface area (Å²) in [6.45, 7) is 5.53. The van der Waals surface area contributed by atoms with E-state index in [0.29, 0.717) is 21.7 Å². The minimum Gasteiger partial charge on any atom is -0.341 e. The molecule has 0 spiro atoms. The fraction of sp³-hybridized carbons (Fsp3) is 0.267. The molecule has 1 aromatic carbocycles. The van der Waals surface area contributed by atoms with Crippen molar-refractivity contribution in [3.63, 3.8) is 0 Å². The van der Waals surface area contributed by atoms with Gasteiger partial charge in [-0.15, -0.1) is 0 Å². The highest BCUT2D eigenvalue weighted by Crippen LogP contribution is 2.30. The number of carbonyl (C=O) groups excluding carboxylic acids is 1. The van der Waals surface area contributed by atoms with Crippen molar-refractivity contribution in [1.82, 2.24) is 9.97 Å². The number of para-hydroxylation sites is 1. The fourth-order valence-corrected chi connectivity index (χ4v) is 2.42. The molecule has 0 fully saturated rings. The number of rotatable bonds is 5. The average Bonchev–Trinajstić information content (AvgIpc) is 2.52. The largest absolute Gasteiger partial charge is 0.341 e. The monoisotopic (exact) mass is 338 g/mol. The summed E-state index contributed by atoms with van der Waals surface area (Å²) in [5.74, 6) is 0.133. The Morgan fingerprint density at radius 2 is 1.82 bits per heavy atom. The van der Waals surface area contributed by atoms with Crippen LogP contribution < -0.4 is 10.2 Å². The SMILES string of the molecule is CCN(CC)c1nccc(C(=O)Nc2c(Cl)cccc2Cl)n1. The van der Waals surface area contributed by atoms with Gasteiger partial charge >= 0.3 is 0 Å². The lowest BCUT2D eigenvalue weighted by Gasteiger charge is -2.18. The molecule has 5 nitrogen and oxygen atoms in total. The molecule has 1 heterocycles. The lowest BCUT2D eigenvalue weighted by atomic mass is 10.3. The Morgan fingerprint density at radius 3 is 2.41 bits per heavy atom. The summed E-state index contributed by atoms with van der Waals surface area (Å²) < 4.78 is 0. The van der Waals surface area contributed by atoms with Gasteiger partial charge in [-0.1, -0.05) is 29.3 Å². The zero-order valence-corrected chi connectivity index (χ0v) is 13.8. The van der Waals surface area contributed by atoms with Gasteiger partial charge in [0.2, 0.25) is 5.95 Å². The predicted octanol–water partition coefficient (Wildman–Crippen LogP) is 3.88. The first-order chi connectivity index (χ1) is 10.6. The maximum atomic E-state index is 12.3. The number of amides is 1. The molecule has 0 unspecified atom stereocenters. The van der Waals surface area contributed by atoms with Crippen LogP contribution in [-0.4, -0.2) is 29.0 Å². The van der Waals surface area contributed by atoms with E-state index in [1.54, 1.807) is 30.5 Å². The van der Waals surface area contributed by atoms with Crippen LogP contribution in [0.25, 0.3) is 0 Å². The van der Waals surface area contributed by atoms with Gasteiger partial charge in [0.1, 0.15) is 5.69 Å². The third kappa shape index (κ3) is 3.67. The summed E-state index contributed by atoms with van der Waals surface area (Å²) in [5, 5.41) is 3.43. The van der Waals surface area contributed by atoms with Crippen LogP contribution in [0, 0.1) is 0 Å². The molecule has 2 aromatic rings. The van der Waals surface area contributed by atoms with E-state index in [1.165, 1.54) is 0 Å². The van der Waals surface area contributed by atoms with Crippen molar-refractivity contribution < 1.29 is 4.79 Å². The molecule has 22 heavy (non-hydrogen) atoms. The summed E-state index contributed by atoms with van der Waals surface area (Å²) in [6, 6.07) is 6.57. The molecule has 116 valence electrons. The molecule has 1 N–H and O–H groups in total. The number of hydrogen-bond acceptors (Lipinski definition) is 4. The van der Waals surface area contributed by atoms with Crippen LogP contribution in [0.2, 0.25) is 10.0 Å². The van der Waals surface area contributed by atoms with Crippen LogP contribution in [0.15, 0.2) is 30.5 Å². The van der Waals surface area contributed by atoms with Gasteiger partial charge in [-0.2, -0.15) is 0 Å². The first kappa shape index (κ1) is 16.5. The Labute approximate surface area is 139 Å². The molecule has 7 heteroatoms. The highest BCUT2D eigenvalue weighted by molar-refractivity contribution is 6.39. The first-order valence-corrected chi connectivity index (χ1v) is 7.65.